The first-order chi connectivity index (χ1) is 7.25. The highest BCUT2D eigenvalue weighted by Crippen LogP contribution is 2.16. The molecule has 0 aromatic heterocycles. The zero-order chi connectivity index (χ0) is 10.7. The monoisotopic (exact) mass is 209 g/mol. The van der Waals surface area contributed by atoms with Gasteiger partial charge in [0.15, 0.2) is 0 Å². The second-order valence-electron chi connectivity index (χ2n) is 3.57. The maximum absolute atomic E-state index is 12.8. The molecule has 0 saturated carbocycles. The summed E-state index contributed by atoms with van der Waals surface area (Å²) < 4.78 is 17.9. The van der Waals surface area contributed by atoms with E-state index in [1.54, 1.807) is 6.07 Å². The lowest BCUT2D eigenvalue weighted by molar-refractivity contribution is -0.138. The van der Waals surface area contributed by atoms with E-state index < -0.39 is 5.82 Å². The first-order valence-corrected chi connectivity index (χ1v) is 4.94. The quantitative estimate of drug-likeness (QED) is 0.590. The van der Waals surface area contributed by atoms with E-state index in [1.165, 1.54) is 18.2 Å². The summed E-state index contributed by atoms with van der Waals surface area (Å²) in [4.78, 5) is 11.5. The van der Waals surface area contributed by atoms with Crippen molar-refractivity contribution in [1.82, 2.24) is 5.32 Å². The molecule has 15 heavy (non-hydrogen) atoms. The number of hydrogen-bond acceptors (Lipinski definition) is 3. The Morgan fingerprint density at radius 3 is 3.07 bits per heavy atom. The van der Waals surface area contributed by atoms with E-state index in [4.69, 9.17) is 4.74 Å². The zero-order valence-electron chi connectivity index (χ0n) is 8.20. The zero-order valence-corrected chi connectivity index (χ0v) is 8.20. The molecule has 1 aromatic carbocycles. The molecule has 0 amide bonds. The van der Waals surface area contributed by atoms with Crippen molar-refractivity contribution >= 4 is 5.97 Å². The Morgan fingerprint density at radius 1 is 1.53 bits per heavy atom. The van der Waals surface area contributed by atoms with Crippen LogP contribution in [0.5, 0.6) is 5.75 Å². The summed E-state index contributed by atoms with van der Waals surface area (Å²) in [5, 5.41) is 3.08. The Bertz CT molecular complexity index is 361. The van der Waals surface area contributed by atoms with Crippen LogP contribution in [-0.4, -0.2) is 19.1 Å². The molecule has 1 aromatic rings. The molecule has 1 aliphatic rings. The van der Waals surface area contributed by atoms with Crippen LogP contribution in [0.25, 0.3) is 0 Å². The van der Waals surface area contributed by atoms with Gasteiger partial charge in [0.25, 0.3) is 0 Å². The molecule has 0 bridgehead atoms. The van der Waals surface area contributed by atoms with Crippen LogP contribution in [0.4, 0.5) is 4.39 Å². The second kappa shape index (κ2) is 4.40. The third kappa shape index (κ3) is 2.53. The smallest absolute Gasteiger partial charge is 0.315 e. The molecule has 0 aliphatic carbocycles. The molecule has 80 valence electrons. The lowest BCUT2D eigenvalue weighted by atomic mass is 10.1. The van der Waals surface area contributed by atoms with Gasteiger partial charge in [-0.2, -0.15) is 0 Å². The highest BCUT2D eigenvalue weighted by molar-refractivity contribution is 5.75. The minimum atomic E-state index is -0.398. The van der Waals surface area contributed by atoms with Crippen LogP contribution >= 0.6 is 0 Å². The van der Waals surface area contributed by atoms with Crippen LogP contribution < -0.4 is 10.1 Å². The summed E-state index contributed by atoms with van der Waals surface area (Å²) in [7, 11) is 0. The molecule has 0 spiro atoms. The maximum Gasteiger partial charge on any atom is 0.315 e. The molecular weight excluding hydrogens is 197 g/mol. The molecule has 1 atom stereocenters. The van der Waals surface area contributed by atoms with Gasteiger partial charge in [-0.05, 0) is 25.1 Å². The molecule has 2 rings (SSSR count). The molecule has 1 unspecified atom stereocenters. The van der Waals surface area contributed by atoms with Gasteiger partial charge in [-0.3, -0.25) is 4.79 Å². The largest absolute Gasteiger partial charge is 0.426 e. The van der Waals surface area contributed by atoms with Gasteiger partial charge < -0.3 is 10.1 Å². The van der Waals surface area contributed by atoms with Crippen molar-refractivity contribution in [2.45, 2.75) is 6.42 Å². The molecule has 4 heteroatoms. The Hall–Kier alpha value is -1.42. The summed E-state index contributed by atoms with van der Waals surface area (Å²) in [6.45, 7) is 1.48. The molecule has 1 fully saturated rings. The summed E-state index contributed by atoms with van der Waals surface area (Å²) in [5.41, 5.74) is 0. The molecular formula is C11H12FNO2. The van der Waals surface area contributed by atoms with E-state index in [1.807, 2.05) is 0 Å². The average molecular weight is 209 g/mol. The van der Waals surface area contributed by atoms with Gasteiger partial charge in [0.05, 0.1) is 5.92 Å². The summed E-state index contributed by atoms with van der Waals surface area (Å²) in [5.74, 6) is -0.518. The molecule has 0 radical (unpaired) electrons. The molecule has 3 nitrogen and oxygen atoms in total. The highest BCUT2D eigenvalue weighted by atomic mass is 19.1. The Morgan fingerprint density at radius 2 is 2.40 bits per heavy atom. The summed E-state index contributed by atoms with van der Waals surface area (Å²) in [6, 6.07) is 5.61. The van der Waals surface area contributed by atoms with Crippen LogP contribution in [0, 0.1) is 11.7 Å². The number of halogens is 1. The van der Waals surface area contributed by atoms with Gasteiger partial charge in [-0.25, -0.2) is 4.39 Å². The van der Waals surface area contributed by atoms with Crippen molar-refractivity contribution in [3.63, 3.8) is 0 Å². The normalized spacial score (nSPS) is 20.2. The SMILES string of the molecule is O=C(Oc1cccc(F)c1)C1CCNC1. The van der Waals surface area contributed by atoms with Crippen molar-refractivity contribution in [2.75, 3.05) is 13.1 Å². The van der Waals surface area contributed by atoms with Crippen molar-refractivity contribution in [1.29, 1.82) is 0 Å². The second-order valence-corrected chi connectivity index (χ2v) is 3.57. The van der Waals surface area contributed by atoms with Crippen LogP contribution in [-0.2, 0) is 4.79 Å². The minimum Gasteiger partial charge on any atom is -0.426 e. The fourth-order valence-electron chi connectivity index (χ4n) is 1.59. The van der Waals surface area contributed by atoms with E-state index in [0.717, 1.165) is 13.0 Å². The summed E-state index contributed by atoms with van der Waals surface area (Å²) >= 11 is 0. The van der Waals surface area contributed by atoms with Gasteiger partial charge >= 0.3 is 5.97 Å². The third-order valence-electron chi connectivity index (χ3n) is 2.41. The lowest BCUT2D eigenvalue weighted by Crippen LogP contribution is -2.22. The number of nitrogens with one attached hydrogen (secondary N) is 1. The van der Waals surface area contributed by atoms with Crippen LogP contribution in [0.2, 0.25) is 0 Å². The Kier molecular flexibility index (Phi) is 2.97. The van der Waals surface area contributed by atoms with E-state index in [-0.39, 0.29) is 17.6 Å². The first-order valence-electron chi connectivity index (χ1n) is 4.94. The predicted molar refractivity (Wildman–Crippen MR) is 53.0 cm³/mol. The number of ether oxygens (including phenoxy) is 1. The van der Waals surface area contributed by atoms with E-state index >= 15 is 0 Å². The maximum atomic E-state index is 12.8. The molecule has 1 aliphatic heterocycles. The van der Waals surface area contributed by atoms with E-state index in [2.05, 4.69) is 5.32 Å². The van der Waals surface area contributed by atoms with Gasteiger partial charge in [0.2, 0.25) is 0 Å². The van der Waals surface area contributed by atoms with Crippen LogP contribution in [0.1, 0.15) is 6.42 Å². The van der Waals surface area contributed by atoms with Crippen LogP contribution in [0.3, 0.4) is 0 Å². The third-order valence-corrected chi connectivity index (χ3v) is 2.41. The number of carbonyl (C=O) groups excluding carboxylic acids is 1. The van der Waals surface area contributed by atoms with Crippen molar-refractivity contribution < 1.29 is 13.9 Å². The topological polar surface area (TPSA) is 38.3 Å². The molecule has 1 heterocycles. The summed E-state index contributed by atoms with van der Waals surface area (Å²) in [6.07, 6.45) is 0.786. The number of benzene rings is 1. The van der Waals surface area contributed by atoms with Crippen molar-refractivity contribution in [3.8, 4) is 5.75 Å². The number of hydrogen-bond donors (Lipinski definition) is 1. The van der Waals surface area contributed by atoms with Gasteiger partial charge in [-0.1, -0.05) is 6.07 Å². The molecule has 1 saturated heterocycles. The predicted octanol–water partition coefficient (Wildman–Crippen LogP) is 1.34. The van der Waals surface area contributed by atoms with Gasteiger partial charge in [-0.15, -0.1) is 0 Å². The minimum absolute atomic E-state index is 0.103. The van der Waals surface area contributed by atoms with Gasteiger partial charge in [0.1, 0.15) is 11.6 Å². The van der Waals surface area contributed by atoms with E-state index in [9.17, 15) is 9.18 Å². The number of esters is 1. The van der Waals surface area contributed by atoms with Crippen molar-refractivity contribution in [2.24, 2.45) is 5.92 Å². The number of rotatable bonds is 2. The van der Waals surface area contributed by atoms with Crippen LogP contribution in [0.15, 0.2) is 24.3 Å². The Labute approximate surface area is 87.2 Å². The average Bonchev–Trinajstić information content (AvgIpc) is 2.70. The van der Waals surface area contributed by atoms with E-state index in [0.29, 0.717) is 6.54 Å². The fraction of sp³-hybridized carbons (Fsp3) is 0.364. The fourth-order valence-corrected chi connectivity index (χ4v) is 1.59. The number of carbonyl (C=O) groups is 1. The lowest BCUT2D eigenvalue weighted by Gasteiger charge is -2.08. The Balaban J connectivity index is 1.99. The van der Waals surface area contributed by atoms with Gasteiger partial charge in [0, 0.05) is 12.6 Å². The standard InChI is InChI=1S/C11H12FNO2/c12-9-2-1-3-10(6-9)15-11(14)8-4-5-13-7-8/h1-3,6,8,13H,4-5,7H2. The first kappa shape index (κ1) is 10.1. The van der Waals surface area contributed by atoms with Crippen molar-refractivity contribution in [3.05, 3.63) is 30.1 Å². The molecule has 1 N–H and O–H groups in total. The highest BCUT2D eigenvalue weighted by Gasteiger charge is 2.24.